The Morgan fingerprint density at radius 3 is 1.82 bits per heavy atom. The van der Waals surface area contributed by atoms with E-state index < -0.39 is 0 Å². The fourth-order valence-corrected chi connectivity index (χ4v) is 3.82. The van der Waals surface area contributed by atoms with Crippen molar-refractivity contribution in [2.45, 2.75) is 92.9 Å². The number of unbranched alkanes of at least 4 members (excludes halogenated alkanes) is 1. The zero-order valence-corrected chi connectivity index (χ0v) is 13.3. The van der Waals surface area contributed by atoms with Crippen LogP contribution >= 0.6 is 0 Å². The minimum Gasteiger partial charge on any atom is -0.0654 e. The van der Waals surface area contributed by atoms with E-state index in [0.717, 1.165) is 11.8 Å². The molecule has 0 bridgehead atoms. The van der Waals surface area contributed by atoms with Crippen LogP contribution in [0.3, 0.4) is 0 Å². The normalized spacial score (nSPS) is 17.1. The summed E-state index contributed by atoms with van der Waals surface area (Å²) in [7, 11) is 0. The molecule has 0 nitrogen and oxygen atoms in total. The Labute approximate surface area is 111 Å². The molecule has 0 aliphatic carbocycles. The lowest BCUT2D eigenvalue weighted by molar-refractivity contribution is 0.0551. The first-order valence-corrected chi connectivity index (χ1v) is 8.08. The number of rotatable bonds is 10. The molecule has 0 saturated heterocycles. The third-order valence-corrected chi connectivity index (χ3v) is 4.88. The molecule has 0 fully saturated rings. The third kappa shape index (κ3) is 4.64. The van der Waals surface area contributed by atoms with Crippen LogP contribution in [-0.4, -0.2) is 0 Å². The van der Waals surface area contributed by atoms with Crippen molar-refractivity contribution in [1.29, 1.82) is 0 Å². The zero-order valence-electron chi connectivity index (χ0n) is 13.3. The van der Waals surface area contributed by atoms with E-state index >= 15 is 0 Å². The quantitative estimate of drug-likeness (QED) is 0.412. The summed E-state index contributed by atoms with van der Waals surface area (Å²) in [6, 6.07) is 0. The van der Waals surface area contributed by atoms with E-state index in [1.807, 2.05) is 0 Å². The molecule has 0 radical (unpaired) electrons. The van der Waals surface area contributed by atoms with Crippen LogP contribution in [0, 0.1) is 17.3 Å². The highest BCUT2D eigenvalue weighted by molar-refractivity contribution is 4.87. The molecule has 0 aromatic heterocycles. The molecule has 2 atom stereocenters. The maximum absolute atomic E-state index is 2.45. The Balaban J connectivity index is 4.88. The van der Waals surface area contributed by atoms with Gasteiger partial charge in [-0.1, -0.05) is 73.6 Å². The molecule has 17 heavy (non-hydrogen) atoms. The van der Waals surface area contributed by atoms with Gasteiger partial charge in [-0.2, -0.15) is 0 Å². The predicted molar refractivity (Wildman–Crippen MR) is 80.4 cm³/mol. The average molecular weight is 240 g/mol. The van der Waals surface area contributed by atoms with Crippen LogP contribution in [0.4, 0.5) is 0 Å². The summed E-state index contributed by atoms with van der Waals surface area (Å²) >= 11 is 0. The fourth-order valence-electron chi connectivity index (χ4n) is 3.82. The lowest BCUT2D eigenvalue weighted by atomic mass is 9.61. The van der Waals surface area contributed by atoms with Gasteiger partial charge in [0, 0.05) is 0 Å². The van der Waals surface area contributed by atoms with Gasteiger partial charge in [0.15, 0.2) is 0 Å². The van der Waals surface area contributed by atoms with Crippen molar-refractivity contribution in [3.63, 3.8) is 0 Å². The topological polar surface area (TPSA) is 0 Å². The smallest absolute Gasteiger partial charge is 0.0249 e. The largest absolute Gasteiger partial charge is 0.0654 e. The van der Waals surface area contributed by atoms with Gasteiger partial charge in [-0.25, -0.2) is 0 Å². The maximum atomic E-state index is 2.45. The first-order valence-electron chi connectivity index (χ1n) is 8.08. The van der Waals surface area contributed by atoms with E-state index in [2.05, 4.69) is 41.5 Å². The van der Waals surface area contributed by atoms with Crippen molar-refractivity contribution in [2.75, 3.05) is 0 Å². The van der Waals surface area contributed by atoms with Crippen molar-refractivity contribution >= 4 is 0 Å². The summed E-state index contributed by atoms with van der Waals surface area (Å²) in [6.45, 7) is 14.4. The standard InChI is InChI=1S/C17H36/c1-7-11-13-16(12-8-2)17(10-4,14-9-3)15(5)6/h15-16H,7-14H2,1-6H3. The van der Waals surface area contributed by atoms with Crippen molar-refractivity contribution < 1.29 is 0 Å². The van der Waals surface area contributed by atoms with Gasteiger partial charge in [0.05, 0.1) is 0 Å². The Kier molecular flexibility index (Phi) is 9.00. The van der Waals surface area contributed by atoms with Crippen molar-refractivity contribution in [3.8, 4) is 0 Å². The lowest BCUT2D eigenvalue weighted by Crippen LogP contribution is -2.35. The van der Waals surface area contributed by atoms with Crippen LogP contribution in [-0.2, 0) is 0 Å². The molecular weight excluding hydrogens is 204 g/mol. The van der Waals surface area contributed by atoms with Crippen molar-refractivity contribution in [2.24, 2.45) is 17.3 Å². The van der Waals surface area contributed by atoms with Gasteiger partial charge in [-0.15, -0.1) is 0 Å². The van der Waals surface area contributed by atoms with E-state index in [-0.39, 0.29) is 0 Å². The molecule has 0 spiro atoms. The average Bonchev–Trinajstić information content (AvgIpc) is 2.31. The van der Waals surface area contributed by atoms with E-state index in [9.17, 15) is 0 Å². The molecule has 0 heterocycles. The van der Waals surface area contributed by atoms with Crippen LogP contribution in [0.1, 0.15) is 92.9 Å². The highest BCUT2D eigenvalue weighted by atomic mass is 14.4. The fraction of sp³-hybridized carbons (Fsp3) is 1.00. The molecule has 0 aromatic carbocycles. The van der Waals surface area contributed by atoms with E-state index in [1.165, 1.54) is 51.4 Å². The molecule has 0 aromatic rings. The minimum atomic E-state index is 0.611. The molecule has 0 saturated carbocycles. The summed E-state index contributed by atoms with van der Waals surface area (Å²) < 4.78 is 0. The molecule has 0 N–H and O–H groups in total. The Morgan fingerprint density at radius 1 is 0.824 bits per heavy atom. The Morgan fingerprint density at radius 2 is 1.47 bits per heavy atom. The minimum absolute atomic E-state index is 0.611. The predicted octanol–water partition coefficient (Wildman–Crippen LogP) is 6.45. The second-order valence-corrected chi connectivity index (χ2v) is 6.12. The summed E-state index contributed by atoms with van der Waals surface area (Å²) in [5.74, 6) is 1.79. The van der Waals surface area contributed by atoms with Crippen LogP contribution in [0.25, 0.3) is 0 Å². The first kappa shape index (κ1) is 17.0. The lowest BCUT2D eigenvalue weighted by Gasteiger charge is -2.44. The van der Waals surface area contributed by atoms with Crippen LogP contribution in [0.2, 0.25) is 0 Å². The van der Waals surface area contributed by atoms with Gasteiger partial charge in [-0.3, -0.25) is 0 Å². The molecule has 0 amide bonds. The molecule has 2 unspecified atom stereocenters. The van der Waals surface area contributed by atoms with E-state index in [4.69, 9.17) is 0 Å². The van der Waals surface area contributed by atoms with Crippen molar-refractivity contribution in [1.82, 2.24) is 0 Å². The van der Waals surface area contributed by atoms with Gasteiger partial charge in [0.1, 0.15) is 0 Å². The maximum Gasteiger partial charge on any atom is -0.0249 e. The van der Waals surface area contributed by atoms with Crippen molar-refractivity contribution in [3.05, 3.63) is 0 Å². The summed E-state index contributed by atoms with van der Waals surface area (Å²) in [6.07, 6.45) is 11.2. The summed E-state index contributed by atoms with van der Waals surface area (Å²) in [4.78, 5) is 0. The highest BCUT2D eigenvalue weighted by Gasteiger charge is 2.37. The monoisotopic (exact) mass is 240 g/mol. The third-order valence-electron chi connectivity index (χ3n) is 4.88. The molecule has 0 heteroatoms. The number of hydrogen-bond acceptors (Lipinski definition) is 0. The highest BCUT2D eigenvalue weighted by Crippen LogP contribution is 2.47. The number of hydrogen-bond donors (Lipinski definition) is 0. The van der Waals surface area contributed by atoms with Gasteiger partial charge in [0.2, 0.25) is 0 Å². The van der Waals surface area contributed by atoms with E-state index in [0.29, 0.717) is 5.41 Å². The Hall–Kier alpha value is 0. The van der Waals surface area contributed by atoms with Gasteiger partial charge < -0.3 is 0 Å². The molecule has 0 aliphatic heterocycles. The molecule has 0 rings (SSSR count). The van der Waals surface area contributed by atoms with Crippen LogP contribution < -0.4 is 0 Å². The second-order valence-electron chi connectivity index (χ2n) is 6.12. The summed E-state index contributed by atoms with van der Waals surface area (Å²) in [5, 5.41) is 0. The van der Waals surface area contributed by atoms with Gasteiger partial charge in [-0.05, 0) is 36.5 Å². The Bertz CT molecular complexity index is 171. The van der Waals surface area contributed by atoms with Crippen LogP contribution in [0.5, 0.6) is 0 Å². The molecular formula is C17H36. The van der Waals surface area contributed by atoms with E-state index in [1.54, 1.807) is 0 Å². The zero-order chi connectivity index (χ0) is 13.3. The van der Waals surface area contributed by atoms with Gasteiger partial charge in [0.25, 0.3) is 0 Å². The SMILES string of the molecule is CCCCC(CCC)C(CC)(CCC)C(C)C. The molecule has 0 aliphatic rings. The first-order chi connectivity index (χ1) is 8.08. The van der Waals surface area contributed by atoms with Crippen LogP contribution in [0.15, 0.2) is 0 Å². The molecule has 104 valence electrons. The second kappa shape index (κ2) is 9.00. The summed E-state index contributed by atoms with van der Waals surface area (Å²) in [5.41, 5.74) is 0.611. The van der Waals surface area contributed by atoms with Gasteiger partial charge >= 0.3 is 0 Å².